The van der Waals surface area contributed by atoms with Gasteiger partial charge in [0.15, 0.2) is 0 Å². The van der Waals surface area contributed by atoms with Gasteiger partial charge in [-0.25, -0.2) is 0 Å². The molecule has 0 radical (unpaired) electrons. The number of rotatable bonds is 6. The molecule has 0 aliphatic carbocycles. The molecule has 204 valence electrons. The third-order valence-electron chi connectivity index (χ3n) is 7.99. The predicted octanol–water partition coefficient (Wildman–Crippen LogP) is 11.7. The maximum atomic E-state index is 6.31. The van der Waals surface area contributed by atoms with Gasteiger partial charge >= 0.3 is 0 Å². The van der Waals surface area contributed by atoms with Crippen molar-refractivity contribution < 1.29 is 4.42 Å². The highest BCUT2D eigenvalue weighted by atomic mass is 16.3. The first-order valence-corrected chi connectivity index (χ1v) is 14.5. The number of hydrogen-bond donors (Lipinski definition) is 0. The van der Waals surface area contributed by atoms with E-state index in [2.05, 4.69) is 180 Å². The Morgan fingerprint density at radius 2 is 0.698 bits per heavy atom. The number of benzene rings is 7. The molecule has 8 aromatic rings. The summed E-state index contributed by atoms with van der Waals surface area (Å²) < 4.78 is 6.31. The smallest absolute Gasteiger partial charge is 0.136 e. The van der Waals surface area contributed by atoms with Gasteiger partial charge in [-0.2, -0.15) is 0 Å². The van der Waals surface area contributed by atoms with Crippen molar-refractivity contribution in [2.24, 2.45) is 0 Å². The van der Waals surface area contributed by atoms with Crippen molar-refractivity contribution >= 4 is 66.8 Å². The van der Waals surface area contributed by atoms with E-state index in [-0.39, 0.29) is 0 Å². The summed E-state index contributed by atoms with van der Waals surface area (Å²) >= 11 is 0. The van der Waals surface area contributed by atoms with Crippen molar-refractivity contribution in [3.05, 3.63) is 170 Å². The molecule has 0 fully saturated rings. The summed E-state index contributed by atoms with van der Waals surface area (Å²) in [5.41, 5.74) is 8.37. The molecule has 0 N–H and O–H groups in total. The van der Waals surface area contributed by atoms with E-state index in [4.69, 9.17) is 4.42 Å². The van der Waals surface area contributed by atoms with Crippen molar-refractivity contribution in [1.82, 2.24) is 0 Å². The van der Waals surface area contributed by atoms with E-state index in [9.17, 15) is 0 Å². The molecule has 0 aliphatic heterocycles. The second-order valence-corrected chi connectivity index (χ2v) is 10.7. The molecule has 3 nitrogen and oxygen atoms in total. The molecule has 7 aromatic carbocycles. The van der Waals surface area contributed by atoms with Crippen molar-refractivity contribution in [3.8, 4) is 0 Å². The maximum absolute atomic E-state index is 6.31. The predicted molar refractivity (Wildman–Crippen MR) is 181 cm³/mol. The molecule has 43 heavy (non-hydrogen) atoms. The number of fused-ring (bicyclic) bond motifs is 4. The lowest BCUT2D eigenvalue weighted by Gasteiger charge is -2.28. The van der Waals surface area contributed by atoms with Gasteiger partial charge in [0.25, 0.3) is 0 Å². The number of para-hydroxylation sites is 3. The van der Waals surface area contributed by atoms with Crippen LogP contribution in [-0.2, 0) is 0 Å². The Morgan fingerprint density at radius 1 is 0.302 bits per heavy atom. The molecule has 0 bridgehead atoms. The molecular formula is C40H28N2O. The van der Waals surface area contributed by atoms with Gasteiger partial charge in [-0.05, 0) is 102 Å². The second-order valence-electron chi connectivity index (χ2n) is 10.7. The topological polar surface area (TPSA) is 19.6 Å². The summed E-state index contributed by atoms with van der Waals surface area (Å²) in [7, 11) is 0. The maximum Gasteiger partial charge on any atom is 0.136 e. The van der Waals surface area contributed by atoms with E-state index in [0.29, 0.717) is 0 Å². The average Bonchev–Trinajstić information content (AvgIpc) is 3.43. The number of nitrogens with zero attached hydrogens (tertiary/aromatic N) is 2. The fourth-order valence-electron chi connectivity index (χ4n) is 5.97. The molecular weight excluding hydrogens is 524 g/mol. The van der Waals surface area contributed by atoms with Crippen molar-refractivity contribution in [3.63, 3.8) is 0 Å². The summed E-state index contributed by atoms with van der Waals surface area (Å²) in [5.74, 6) is 0. The Balaban J connectivity index is 1.25. The summed E-state index contributed by atoms with van der Waals surface area (Å²) in [6.07, 6.45) is 0. The first-order valence-electron chi connectivity index (χ1n) is 14.5. The molecule has 8 rings (SSSR count). The zero-order valence-corrected chi connectivity index (χ0v) is 23.5. The van der Waals surface area contributed by atoms with Gasteiger partial charge in [0.1, 0.15) is 11.2 Å². The molecule has 0 unspecified atom stereocenters. The Kier molecular flexibility index (Phi) is 6.12. The first kappa shape index (κ1) is 25.0. The summed E-state index contributed by atoms with van der Waals surface area (Å²) in [4.78, 5) is 4.59. The van der Waals surface area contributed by atoms with Crippen LogP contribution in [-0.4, -0.2) is 0 Å². The van der Waals surface area contributed by atoms with E-state index in [0.717, 1.165) is 56.1 Å². The number of anilines is 6. The van der Waals surface area contributed by atoms with Gasteiger partial charge in [-0.15, -0.1) is 0 Å². The molecule has 1 heterocycles. The zero-order valence-electron chi connectivity index (χ0n) is 23.5. The quantitative estimate of drug-likeness (QED) is 0.205. The van der Waals surface area contributed by atoms with Crippen LogP contribution in [0.3, 0.4) is 0 Å². The van der Waals surface area contributed by atoms with Gasteiger partial charge in [0.05, 0.1) is 0 Å². The molecule has 3 heteroatoms. The highest BCUT2D eigenvalue weighted by Gasteiger charge is 2.17. The lowest BCUT2D eigenvalue weighted by atomic mass is 10.1. The Labute approximate surface area is 250 Å². The highest BCUT2D eigenvalue weighted by Crippen LogP contribution is 2.41. The Bertz CT molecular complexity index is 2130. The Morgan fingerprint density at radius 3 is 1.23 bits per heavy atom. The molecule has 1 aromatic heterocycles. The minimum absolute atomic E-state index is 0.888. The van der Waals surface area contributed by atoms with Gasteiger partial charge in [0, 0.05) is 44.9 Å². The minimum Gasteiger partial charge on any atom is -0.456 e. The van der Waals surface area contributed by atoms with Crippen LogP contribution in [0.15, 0.2) is 174 Å². The van der Waals surface area contributed by atoms with Gasteiger partial charge in [-0.3, -0.25) is 0 Å². The van der Waals surface area contributed by atoms with Gasteiger partial charge < -0.3 is 14.2 Å². The number of hydrogen-bond acceptors (Lipinski definition) is 3. The van der Waals surface area contributed by atoms with Gasteiger partial charge in [0.2, 0.25) is 0 Å². The van der Waals surface area contributed by atoms with Crippen LogP contribution < -0.4 is 9.80 Å². The third kappa shape index (κ3) is 4.58. The van der Waals surface area contributed by atoms with E-state index >= 15 is 0 Å². The average molecular weight is 553 g/mol. The van der Waals surface area contributed by atoms with Crippen LogP contribution in [0.2, 0.25) is 0 Å². The number of furan rings is 1. The monoisotopic (exact) mass is 552 g/mol. The normalized spacial score (nSPS) is 11.3. The van der Waals surface area contributed by atoms with Crippen LogP contribution in [0.4, 0.5) is 34.1 Å². The SMILES string of the molecule is c1ccc(N(c2ccccc2)c2ccc(N(c3ccccc3)c3ccc4oc5cc6ccccc6cc5c4c3)cc2)cc1. The lowest BCUT2D eigenvalue weighted by molar-refractivity contribution is 0.669. The van der Waals surface area contributed by atoms with E-state index in [1.807, 2.05) is 0 Å². The van der Waals surface area contributed by atoms with Crippen molar-refractivity contribution in [1.29, 1.82) is 0 Å². The standard InChI is InChI=1S/C40H28N2O/c1-4-14-31(15-5-1)41(32-16-6-2-7-17-32)34-20-22-35(23-21-34)42(33-18-8-3-9-19-33)36-24-25-39-38(28-36)37-26-29-12-10-11-13-30(29)27-40(37)43-39/h1-28H. The molecule has 0 aliphatic rings. The van der Waals surface area contributed by atoms with Crippen molar-refractivity contribution in [2.45, 2.75) is 0 Å². The summed E-state index contributed by atoms with van der Waals surface area (Å²) in [6, 6.07) is 59.6. The largest absolute Gasteiger partial charge is 0.456 e. The lowest BCUT2D eigenvalue weighted by Crippen LogP contribution is -2.12. The second kappa shape index (κ2) is 10.6. The van der Waals surface area contributed by atoms with E-state index in [1.54, 1.807) is 0 Å². The zero-order chi connectivity index (χ0) is 28.6. The summed E-state index contributed by atoms with van der Waals surface area (Å²) in [6.45, 7) is 0. The molecule has 0 amide bonds. The van der Waals surface area contributed by atoms with Crippen LogP contribution in [0.5, 0.6) is 0 Å². The minimum atomic E-state index is 0.888. The molecule has 0 saturated heterocycles. The fraction of sp³-hybridized carbons (Fsp3) is 0. The Hall–Kier alpha value is -5.80. The van der Waals surface area contributed by atoms with Gasteiger partial charge in [-0.1, -0.05) is 78.9 Å². The van der Waals surface area contributed by atoms with Crippen LogP contribution >= 0.6 is 0 Å². The van der Waals surface area contributed by atoms with Crippen LogP contribution in [0, 0.1) is 0 Å². The van der Waals surface area contributed by atoms with E-state index < -0.39 is 0 Å². The van der Waals surface area contributed by atoms with E-state index in [1.165, 1.54) is 10.8 Å². The fourth-order valence-corrected chi connectivity index (χ4v) is 5.97. The summed E-state index contributed by atoms with van der Waals surface area (Å²) in [5, 5.41) is 4.62. The third-order valence-corrected chi connectivity index (χ3v) is 7.99. The van der Waals surface area contributed by atoms with Crippen LogP contribution in [0.25, 0.3) is 32.7 Å². The highest BCUT2D eigenvalue weighted by molar-refractivity contribution is 6.11. The van der Waals surface area contributed by atoms with Crippen molar-refractivity contribution in [2.75, 3.05) is 9.80 Å². The van der Waals surface area contributed by atoms with Crippen LogP contribution in [0.1, 0.15) is 0 Å². The first-order chi connectivity index (χ1) is 21.3. The molecule has 0 atom stereocenters. The molecule has 0 saturated carbocycles. The molecule has 0 spiro atoms.